The van der Waals surface area contributed by atoms with Crippen LogP contribution in [0.5, 0.6) is 0 Å². The van der Waals surface area contributed by atoms with Gasteiger partial charge in [-0.3, -0.25) is 4.79 Å². The molecule has 0 amide bonds. The fourth-order valence-corrected chi connectivity index (χ4v) is 0.292. The van der Waals surface area contributed by atoms with Crippen molar-refractivity contribution in [1.29, 1.82) is 0 Å². The van der Waals surface area contributed by atoms with Gasteiger partial charge >= 0.3 is 0 Å². The zero-order valence-corrected chi connectivity index (χ0v) is 6.21. The number of hydrogen-bond donors (Lipinski definition) is 0. The van der Waals surface area contributed by atoms with E-state index in [-0.39, 0.29) is 0 Å². The molecule has 0 spiro atoms. The highest BCUT2D eigenvalue weighted by Gasteiger charge is 1.79. The summed E-state index contributed by atoms with van der Waals surface area (Å²) in [5.41, 5.74) is 0.556. The van der Waals surface area contributed by atoms with E-state index >= 15 is 0 Å². The van der Waals surface area contributed by atoms with Crippen LogP contribution in [-0.4, -0.2) is 14.1 Å². The second-order valence-corrected chi connectivity index (χ2v) is 1.22. The molecule has 0 atom stereocenters. The van der Waals surface area contributed by atoms with Crippen molar-refractivity contribution in [3.8, 4) is 0 Å². The van der Waals surface area contributed by atoms with Gasteiger partial charge in [-0.1, -0.05) is 38.2 Å². The highest BCUT2D eigenvalue weighted by atomic mass is 16.1. The minimum absolute atomic E-state index is 0.556. The molecule has 0 aliphatic carbocycles. The van der Waals surface area contributed by atoms with Crippen molar-refractivity contribution in [2.45, 2.75) is 6.82 Å². The highest BCUT2D eigenvalue weighted by molar-refractivity contribution is 6.05. The maximum atomic E-state index is 9.94. The van der Waals surface area contributed by atoms with Gasteiger partial charge in [0, 0.05) is 5.57 Å². The molecule has 10 heavy (non-hydrogen) atoms. The Hall–Kier alpha value is -1.05. The Morgan fingerprint density at radius 2 is 1.90 bits per heavy atom. The van der Waals surface area contributed by atoms with Crippen molar-refractivity contribution in [1.82, 2.24) is 0 Å². The molecule has 0 saturated heterocycles. The zero-order chi connectivity index (χ0) is 8.41. The van der Waals surface area contributed by atoms with Gasteiger partial charge in [-0.05, 0) is 0 Å². The van der Waals surface area contributed by atoms with Gasteiger partial charge in [0.15, 0.2) is 0 Å². The van der Waals surface area contributed by atoms with Gasteiger partial charge in [0.25, 0.3) is 0 Å². The fraction of sp³-hybridized carbons (Fsp3) is 0.125. The lowest BCUT2D eigenvalue weighted by atomic mass is 10.2. The Morgan fingerprint density at radius 1 is 1.40 bits per heavy atom. The van der Waals surface area contributed by atoms with E-state index in [2.05, 4.69) is 21.0 Å². The van der Waals surface area contributed by atoms with E-state index in [1.165, 1.54) is 12.9 Å². The molecule has 0 unspecified atom stereocenters. The lowest BCUT2D eigenvalue weighted by molar-refractivity contribution is -0.104. The zero-order valence-electron chi connectivity index (χ0n) is 6.21. The lowest BCUT2D eigenvalue weighted by Gasteiger charge is -1.79. The van der Waals surface area contributed by atoms with Crippen LogP contribution in [0.1, 0.15) is 0 Å². The summed E-state index contributed by atoms with van der Waals surface area (Å²) in [5, 5.41) is 0. The summed E-state index contributed by atoms with van der Waals surface area (Å²) in [6.45, 7) is 8.32. The average Bonchev–Trinajstić information content (AvgIpc) is 2.04. The minimum Gasteiger partial charge on any atom is -0.298 e. The molecule has 0 aliphatic heterocycles. The summed E-state index contributed by atoms with van der Waals surface area (Å²) in [4.78, 5) is 9.94. The second-order valence-electron chi connectivity index (χ2n) is 1.22. The van der Waals surface area contributed by atoms with E-state index in [1.54, 1.807) is 12.2 Å². The van der Waals surface area contributed by atoms with Crippen LogP contribution in [0.3, 0.4) is 0 Å². The van der Waals surface area contributed by atoms with E-state index in [0.717, 1.165) is 6.29 Å². The Kier molecular flexibility index (Phi) is 12.7. The molecule has 0 aromatic heterocycles. The molecule has 1 nitrogen and oxygen atoms in total. The highest BCUT2D eigenvalue weighted by Crippen LogP contribution is 1.88. The normalized spacial score (nSPS) is 8.70. The van der Waals surface area contributed by atoms with Gasteiger partial charge in [0.05, 0.1) is 7.85 Å². The van der Waals surface area contributed by atoms with Crippen LogP contribution >= 0.6 is 0 Å². The van der Waals surface area contributed by atoms with Crippen LogP contribution in [0.4, 0.5) is 0 Å². The molecule has 0 aliphatic rings. The Morgan fingerprint density at radius 3 is 2.00 bits per heavy atom. The van der Waals surface area contributed by atoms with E-state index < -0.39 is 0 Å². The second kappa shape index (κ2) is 10.9. The summed E-state index contributed by atoms with van der Waals surface area (Å²) in [7, 11) is 4.50. The van der Waals surface area contributed by atoms with Crippen molar-refractivity contribution in [3.05, 3.63) is 37.0 Å². The Bertz CT molecular complexity index is 126. The molecular weight excluding hydrogens is 123 g/mol. The van der Waals surface area contributed by atoms with E-state index in [4.69, 9.17) is 0 Å². The first kappa shape index (κ1) is 11.7. The first-order valence-electron chi connectivity index (χ1n) is 2.83. The topological polar surface area (TPSA) is 17.1 Å². The van der Waals surface area contributed by atoms with Crippen molar-refractivity contribution >= 4 is 14.1 Å². The van der Waals surface area contributed by atoms with Crippen molar-refractivity contribution in [3.63, 3.8) is 0 Å². The van der Waals surface area contributed by atoms with E-state index in [1.807, 2.05) is 0 Å². The molecule has 0 saturated carbocycles. The molecule has 0 aromatic carbocycles. The predicted molar refractivity (Wildman–Crippen MR) is 46.2 cm³/mol. The van der Waals surface area contributed by atoms with E-state index in [9.17, 15) is 4.79 Å². The van der Waals surface area contributed by atoms with Gasteiger partial charge in [0.1, 0.15) is 6.29 Å². The number of rotatable bonds is 3. The molecular formula is C8H11BO. The molecule has 0 N–H and O–H groups in total. The maximum Gasteiger partial charge on any atom is 0.150 e. The van der Waals surface area contributed by atoms with Crippen LogP contribution < -0.4 is 0 Å². The summed E-state index contributed by atoms with van der Waals surface area (Å²) >= 11 is 0. The number of hydrogen-bond acceptors (Lipinski definition) is 1. The van der Waals surface area contributed by atoms with Crippen LogP contribution in [0.25, 0.3) is 0 Å². The molecule has 2 radical (unpaired) electrons. The van der Waals surface area contributed by atoms with Gasteiger partial charge in [-0.15, -0.1) is 0 Å². The lowest BCUT2D eigenvalue weighted by Crippen LogP contribution is -1.73. The molecule has 0 fully saturated rings. The summed E-state index contributed by atoms with van der Waals surface area (Å²) < 4.78 is 0. The minimum atomic E-state index is 0.556. The third-order valence-corrected chi connectivity index (χ3v) is 0.682. The molecule has 2 heteroatoms. The molecule has 52 valence electrons. The summed E-state index contributed by atoms with van der Waals surface area (Å²) in [5.74, 6) is 0. The predicted octanol–water partition coefficient (Wildman–Crippen LogP) is 1.69. The summed E-state index contributed by atoms with van der Waals surface area (Å²) in [6.07, 6.45) is 5.36. The van der Waals surface area contributed by atoms with Crippen LogP contribution in [0.15, 0.2) is 37.0 Å². The van der Waals surface area contributed by atoms with Gasteiger partial charge in [-0.25, -0.2) is 0 Å². The SMILES string of the molecule is C=C/C=C(\C=C)C=O.[B]C. The fourth-order valence-electron chi connectivity index (χ4n) is 0.292. The molecule has 0 heterocycles. The molecule has 0 rings (SSSR count). The third kappa shape index (κ3) is 6.95. The quantitative estimate of drug-likeness (QED) is 0.248. The average molecular weight is 134 g/mol. The number of carbonyl (C=O) groups excluding carboxylic acids is 1. The smallest absolute Gasteiger partial charge is 0.150 e. The standard InChI is InChI=1S/C7H8O.CH3B/c1-3-5-7(4-2)6-8;1-2/h3-6H,1-2H2;1H3/b7-5+;. The number of carbonyl (C=O) groups is 1. The van der Waals surface area contributed by atoms with Crippen molar-refractivity contribution < 1.29 is 4.79 Å². The van der Waals surface area contributed by atoms with E-state index in [0.29, 0.717) is 5.57 Å². The largest absolute Gasteiger partial charge is 0.298 e. The number of aldehydes is 1. The van der Waals surface area contributed by atoms with Crippen LogP contribution in [-0.2, 0) is 4.79 Å². The van der Waals surface area contributed by atoms with Crippen molar-refractivity contribution in [2.75, 3.05) is 0 Å². The third-order valence-electron chi connectivity index (χ3n) is 0.682. The van der Waals surface area contributed by atoms with Crippen LogP contribution in [0.2, 0.25) is 6.82 Å². The van der Waals surface area contributed by atoms with Gasteiger partial charge in [0.2, 0.25) is 0 Å². The van der Waals surface area contributed by atoms with Crippen LogP contribution in [0, 0.1) is 0 Å². The summed E-state index contributed by atoms with van der Waals surface area (Å²) in [6, 6.07) is 0. The molecule has 0 bridgehead atoms. The Labute approximate surface area is 63.5 Å². The number of allylic oxidation sites excluding steroid dienone is 4. The molecule has 0 aromatic rings. The monoisotopic (exact) mass is 134 g/mol. The first-order chi connectivity index (χ1) is 4.85. The van der Waals surface area contributed by atoms with Gasteiger partial charge in [-0.2, -0.15) is 0 Å². The van der Waals surface area contributed by atoms with Crippen molar-refractivity contribution in [2.24, 2.45) is 0 Å². The van der Waals surface area contributed by atoms with Gasteiger partial charge < -0.3 is 0 Å². The first-order valence-corrected chi connectivity index (χ1v) is 2.83. The Balaban J connectivity index is 0. The maximum absolute atomic E-state index is 9.94.